The number of halogens is 3. The Morgan fingerprint density at radius 3 is 2.10 bits per heavy atom. The largest absolute Gasteiger partial charge is 0.341 e. The molecule has 0 saturated heterocycles. The van der Waals surface area contributed by atoms with Crippen molar-refractivity contribution >= 4 is 37.1 Å². The van der Waals surface area contributed by atoms with Gasteiger partial charge in [-0.1, -0.05) is 0 Å². The van der Waals surface area contributed by atoms with E-state index in [1.165, 1.54) is 0 Å². The minimum atomic E-state index is -4.68. The first-order chi connectivity index (χ1) is 9.19. The predicted molar refractivity (Wildman–Crippen MR) is 72.4 cm³/mol. The van der Waals surface area contributed by atoms with Gasteiger partial charge in [-0.15, -0.1) is 11.6 Å². The first-order valence-electron chi connectivity index (χ1n) is 5.37. The topological polar surface area (TPSA) is 80.3 Å². The van der Waals surface area contributed by atoms with Gasteiger partial charge >= 0.3 is 5.76 Å². The monoisotopic (exact) mass is 347 g/mol. The van der Waals surface area contributed by atoms with Crippen LogP contribution in [0.1, 0.15) is 6.42 Å². The summed E-state index contributed by atoms with van der Waals surface area (Å²) >= 11 is 5.38. The first-order valence-corrected chi connectivity index (χ1v) is 9.11. The zero-order chi connectivity index (χ0) is 15.4. The van der Waals surface area contributed by atoms with E-state index in [1.807, 2.05) is 0 Å². The normalized spacial score (nSPS) is 12.6. The van der Waals surface area contributed by atoms with E-state index >= 15 is 0 Å². The molecule has 0 aromatic heterocycles. The van der Waals surface area contributed by atoms with E-state index in [2.05, 4.69) is 4.72 Å². The second-order valence-electron chi connectivity index (χ2n) is 3.79. The van der Waals surface area contributed by atoms with E-state index in [0.717, 1.165) is 24.3 Å². The zero-order valence-electron chi connectivity index (χ0n) is 10.1. The van der Waals surface area contributed by atoms with Crippen LogP contribution < -0.4 is 4.72 Å². The smallest absolute Gasteiger partial charge is 0.284 e. The molecule has 5 nitrogen and oxygen atoms in total. The Balaban J connectivity index is 2.88. The molecule has 20 heavy (non-hydrogen) atoms. The maximum absolute atomic E-state index is 12.3. The molecule has 0 aliphatic rings. The van der Waals surface area contributed by atoms with Crippen LogP contribution in [0, 0.1) is 0 Å². The van der Waals surface area contributed by atoms with Gasteiger partial charge in [-0.05, 0) is 30.7 Å². The number of hydrogen-bond donors (Lipinski definition) is 1. The maximum atomic E-state index is 12.3. The summed E-state index contributed by atoms with van der Waals surface area (Å²) in [6, 6.07) is 4.04. The minimum absolute atomic E-state index is 0.0905. The number of hydrogen-bond acceptors (Lipinski definition) is 4. The van der Waals surface area contributed by atoms with Crippen molar-refractivity contribution in [2.75, 3.05) is 16.4 Å². The van der Waals surface area contributed by atoms with Crippen LogP contribution in [0.25, 0.3) is 0 Å². The molecular weight excluding hydrogens is 336 g/mol. The van der Waals surface area contributed by atoms with Crippen LogP contribution in [-0.4, -0.2) is 34.2 Å². The van der Waals surface area contributed by atoms with Crippen LogP contribution in [0.15, 0.2) is 29.2 Å². The maximum Gasteiger partial charge on any atom is 0.341 e. The molecule has 0 radical (unpaired) electrons. The van der Waals surface area contributed by atoms with E-state index in [9.17, 15) is 25.6 Å². The Kier molecular flexibility index (Phi) is 5.72. The third-order valence-corrected chi connectivity index (χ3v) is 5.28. The molecular formula is C10H12ClF2NO4S2. The summed E-state index contributed by atoms with van der Waals surface area (Å²) in [4.78, 5) is -0.573. The van der Waals surface area contributed by atoms with Crippen LogP contribution in [0.2, 0.25) is 0 Å². The fourth-order valence-electron chi connectivity index (χ4n) is 1.29. The molecule has 0 saturated carbocycles. The Morgan fingerprint density at radius 1 is 1.10 bits per heavy atom. The van der Waals surface area contributed by atoms with Gasteiger partial charge in [0.2, 0.25) is 19.9 Å². The molecule has 0 aliphatic heterocycles. The highest BCUT2D eigenvalue weighted by Gasteiger charge is 2.26. The lowest BCUT2D eigenvalue weighted by Crippen LogP contribution is -2.17. The van der Waals surface area contributed by atoms with Gasteiger partial charge in [0, 0.05) is 11.6 Å². The van der Waals surface area contributed by atoms with Gasteiger partial charge in [0.25, 0.3) is 0 Å². The number of nitrogens with one attached hydrogen (secondary N) is 1. The van der Waals surface area contributed by atoms with E-state index < -0.39 is 30.5 Å². The summed E-state index contributed by atoms with van der Waals surface area (Å²) in [5, 5.41) is 0. The molecule has 10 heteroatoms. The first kappa shape index (κ1) is 17.1. The van der Waals surface area contributed by atoms with E-state index in [0.29, 0.717) is 0 Å². The van der Waals surface area contributed by atoms with Crippen molar-refractivity contribution in [1.82, 2.24) is 0 Å². The molecule has 0 fully saturated rings. The van der Waals surface area contributed by atoms with Crippen molar-refractivity contribution in [3.05, 3.63) is 24.3 Å². The van der Waals surface area contributed by atoms with Gasteiger partial charge in [0.1, 0.15) is 0 Å². The minimum Gasteiger partial charge on any atom is -0.284 e. The van der Waals surface area contributed by atoms with Crippen LogP contribution in [0.5, 0.6) is 0 Å². The standard InChI is InChI=1S/C10H12ClF2NO4S2/c11-6-1-7-19(15,16)14-8-2-4-9(5-3-8)20(17,18)10(12)13/h2-5,10,14H,1,6-7H2. The summed E-state index contributed by atoms with van der Waals surface area (Å²) in [6.45, 7) is 0. The van der Waals surface area contributed by atoms with Crippen molar-refractivity contribution in [3.63, 3.8) is 0 Å². The average Bonchev–Trinajstić information content (AvgIpc) is 2.36. The second-order valence-corrected chi connectivity index (χ2v) is 7.93. The van der Waals surface area contributed by atoms with Crippen molar-refractivity contribution in [2.45, 2.75) is 17.1 Å². The Morgan fingerprint density at radius 2 is 1.65 bits per heavy atom. The summed E-state index contributed by atoms with van der Waals surface area (Å²) < 4.78 is 72.2. The SMILES string of the molecule is O=S(=O)(CCCCl)Nc1ccc(S(=O)(=O)C(F)F)cc1. The van der Waals surface area contributed by atoms with E-state index in [1.54, 1.807) is 0 Å². The van der Waals surface area contributed by atoms with Crippen molar-refractivity contribution in [3.8, 4) is 0 Å². The molecule has 1 aromatic carbocycles. The van der Waals surface area contributed by atoms with Gasteiger partial charge in [0.15, 0.2) is 0 Å². The third kappa shape index (κ3) is 4.57. The fourth-order valence-corrected chi connectivity index (χ4v) is 3.43. The number of alkyl halides is 3. The lowest BCUT2D eigenvalue weighted by Gasteiger charge is -2.08. The molecule has 0 bridgehead atoms. The molecule has 0 heterocycles. The van der Waals surface area contributed by atoms with Gasteiger partial charge in [-0.2, -0.15) is 8.78 Å². The van der Waals surface area contributed by atoms with Gasteiger partial charge < -0.3 is 0 Å². The molecule has 0 spiro atoms. The van der Waals surface area contributed by atoms with E-state index in [-0.39, 0.29) is 23.7 Å². The van der Waals surface area contributed by atoms with Gasteiger partial charge in [-0.25, -0.2) is 16.8 Å². The lowest BCUT2D eigenvalue weighted by molar-refractivity contribution is 0.234. The van der Waals surface area contributed by atoms with Gasteiger partial charge in [0.05, 0.1) is 10.6 Å². The average molecular weight is 348 g/mol. The molecule has 1 N–H and O–H groups in total. The summed E-state index contributed by atoms with van der Waals surface area (Å²) in [5.41, 5.74) is 0.0905. The van der Waals surface area contributed by atoms with Gasteiger partial charge in [-0.3, -0.25) is 4.72 Å². The Labute approximate surface area is 120 Å². The van der Waals surface area contributed by atoms with Crippen LogP contribution in [0.3, 0.4) is 0 Å². The van der Waals surface area contributed by atoms with Crippen LogP contribution >= 0.6 is 11.6 Å². The molecule has 114 valence electrons. The second kappa shape index (κ2) is 6.68. The molecule has 1 aromatic rings. The number of anilines is 1. The third-order valence-electron chi connectivity index (χ3n) is 2.24. The van der Waals surface area contributed by atoms with Crippen molar-refractivity contribution < 1.29 is 25.6 Å². The Bertz CT molecular complexity index is 644. The summed E-state index contributed by atoms with van der Waals surface area (Å²) in [7, 11) is -8.27. The van der Waals surface area contributed by atoms with Crippen LogP contribution in [0.4, 0.5) is 14.5 Å². The summed E-state index contributed by atoms with van der Waals surface area (Å²) in [5.74, 6) is -3.52. The lowest BCUT2D eigenvalue weighted by atomic mass is 10.3. The molecule has 0 atom stereocenters. The fraction of sp³-hybridized carbons (Fsp3) is 0.400. The number of benzene rings is 1. The molecule has 0 unspecified atom stereocenters. The predicted octanol–water partition coefficient (Wildman–Crippen LogP) is 2.05. The van der Waals surface area contributed by atoms with E-state index in [4.69, 9.17) is 11.6 Å². The quantitative estimate of drug-likeness (QED) is 0.765. The van der Waals surface area contributed by atoms with Crippen molar-refractivity contribution in [1.29, 1.82) is 0 Å². The number of sulfonamides is 1. The molecule has 0 aliphatic carbocycles. The highest BCUT2D eigenvalue weighted by atomic mass is 35.5. The number of sulfone groups is 1. The molecule has 0 amide bonds. The Hall–Kier alpha value is -0.930. The van der Waals surface area contributed by atoms with Crippen LogP contribution in [-0.2, 0) is 19.9 Å². The summed E-state index contributed by atoms with van der Waals surface area (Å²) in [6.07, 6.45) is 0.259. The number of rotatable bonds is 7. The zero-order valence-corrected chi connectivity index (χ0v) is 12.5. The highest BCUT2D eigenvalue weighted by Crippen LogP contribution is 2.20. The highest BCUT2D eigenvalue weighted by molar-refractivity contribution is 7.92. The van der Waals surface area contributed by atoms with Crippen molar-refractivity contribution in [2.24, 2.45) is 0 Å². The molecule has 1 rings (SSSR count).